The number of carbonyl (C=O) groups excluding carboxylic acids is 1. The summed E-state index contributed by atoms with van der Waals surface area (Å²) in [5.74, 6) is 0.0917. The van der Waals surface area contributed by atoms with Crippen molar-refractivity contribution in [1.29, 1.82) is 0 Å². The Hall–Kier alpha value is -0.610. The van der Waals surface area contributed by atoms with Gasteiger partial charge in [0.05, 0.1) is 0 Å². The number of carbonyl (C=O) groups is 1. The fraction of sp³-hybridized carbons (Fsp3) is 0.917. The highest BCUT2D eigenvalue weighted by atomic mass is 16.5. The van der Waals surface area contributed by atoms with E-state index in [1.807, 2.05) is 14.0 Å². The van der Waals surface area contributed by atoms with E-state index in [0.29, 0.717) is 6.61 Å². The third-order valence-electron chi connectivity index (χ3n) is 3.17. The van der Waals surface area contributed by atoms with Gasteiger partial charge in [0.2, 0.25) is 0 Å². The Morgan fingerprint density at radius 1 is 1.44 bits per heavy atom. The van der Waals surface area contributed by atoms with E-state index >= 15 is 0 Å². The Bertz CT molecular complexity index is 224. The van der Waals surface area contributed by atoms with Crippen LogP contribution < -0.4 is 0 Å². The Balaban J connectivity index is 2.30. The van der Waals surface area contributed by atoms with E-state index in [9.17, 15) is 4.79 Å². The van der Waals surface area contributed by atoms with Crippen LogP contribution in [0.1, 0.15) is 39.0 Å². The summed E-state index contributed by atoms with van der Waals surface area (Å²) in [5.41, 5.74) is -0.592. The third kappa shape index (κ3) is 3.46. The van der Waals surface area contributed by atoms with Gasteiger partial charge in [-0.25, -0.2) is 0 Å². The van der Waals surface area contributed by atoms with Crippen molar-refractivity contribution >= 4 is 5.91 Å². The van der Waals surface area contributed by atoms with Crippen molar-refractivity contribution < 1.29 is 14.6 Å². The van der Waals surface area contributed by atoms with Crippen molar-refractivity contribution in [2.45, 2.75) is 44.6 Å². The first-order chi connectivity index (χ1) is 7.60. The molecule has 1 aliphatic heterocycles. The summed E-state index contributed by atoms with van der Waals surface area (Å²) in [7, 11) is 1.83. The zero-order valence-electron chi connectivity index (χ0n) is 10.4. The first-order valence-electron chi connectivity index (χ1n) is 6.10. The lowest BCUT2D eigenvalue weighted by atomic mass is 10.0. The van der Waals surface area contributed by atoms with Gasteiger partial charge in [-0.05, 0) is 39.0 Å². The van der Waals surface area contributed by atoms with Crippen LogP contribution in [0.2, 0.25) is 0 Å². The largest absolute Gasteiger partial charge is 0.396 e. The van der Waals surface area contributed by atoms with Crippen LogP contribution in [0.15, 0.2) is 0 Å². The van der Waals surface area contributed by atoms with Gasteiger partial charge in [0.1, 0.15) is 5.60 Å². The molecule has 0 aliphatic carbocycles. The molecule has 0 spiro atoms. The second kappa shape index (κ2) is 6.21. The van der Waals surface area contributed by atoms with E-state index in [1.165, 1.54) is 0 Å². The first-order valence-corrected chi connectivity index (χ1v) is 6.10. The molecule has 0 radical (unpaired) electrons. The van der Waals surface area contributed by atoms with E-state index in [2.05, 4.69) is 0 Å². The molecule has 1 aliphatic rings. The number of ether oxygens (including phenoxy) is 1. The van der Waals surface area contributed by atoms with Crippen LogP contribution in [0, 0.1) is 0 Å². The quantitative estimate of drug-likeness (QED) is 0.696. The van der Waals surface area contributed by atoms with Gasteiger partial charge >= 0.3 is 0 Å². The van der Waals surface area contributed by atoms with E-state index in [4.69, 9.17) is 9.84 Å². The predicted molar refractivity (Wildman–Crippen MR) is 62.2 cm³/mol. The number of amides is 1. The lowest BCUT2D eigenvalue weighted by Crippen LogP contribution is -2.45. The Labute approximate surface area is 97.6 Å². The van der Waals surface area contributed by atoms with Crippen LogP contribution >= 0.6 is 0 Å². The van der Waals surface area contributed by atoms with Gasteiger partial charge in [0, 0.05) is 26.8 Å². The summed E-state index contributed by atoms with van der Waals surface area (Å²) in [4.78, 5) is 13.8. The average molecular weight is 229 g/mol. The summed E-state index contributed by atoms with van der Waals surface area (Å²) in [5, 5.41) is 8.65. The van der Waals surface area contributed by atoms with Crippen LogP contribution in [0.5, 0.6) is 0 Å². The van der Waals surface area contributed by atoms with Crippen molar-refractivity contribution in [2.24, 2.45) is 0 Å². The molecule has 1 saturated heterocycles. The Morgan fingerprint density at radius 2 is 2.19 bits per heavy atom. The standard InChI is InChI=1S/C12H23NO3/c1-12(7-6-10-16-12)11(15)13(2)8-4-3-5-9-14/h14H,3-10H2,1-2H3. The monoisotopic (exact) mass is 229 g/mol. The number of unbranched alkanes of at least 4 members (excludes halogenated alkanes) is 2. The minimum atomic E-state index is -0.592. The zero-order chi connectivity index (χ0) is 12.0. The van der Waals surface area contributed by atoms with E-state index in [1.54, 1.807) is 4.90 Å². The van der Waals surface area contributed by atoms with Gasteiger partial charge in [-0.1, -0.05) is 0 Å². The first kappa shape index (κ1) is 13.5. The molecule has 1 amide bonds. The van der Waals surface area contributed by atoms with E-state index < -0.39 is 5.60 Å². The second-order valence-corrected chi connectivity index (χ2v) is 4.69. The molecule has 1 heterocycles. The molecular formula is C12H23NO3. The van der Waals surface area contributed by atoms with Gasteiger partial charge in [-0.3, -0.25) is 4.79 Å². The maximum atomic E-state index is 12.1. The van der Waals surface area contributed by atoms with Crippen molar-refractivity contribution in [1.82, 2.24) is 4.90 Å². The van der Waals surface area contributed by atoms with E-state index in [0.717, 1.165) is 38.6 Å². The van der Waals surface area contributed by atoms with Gasteiger partial charge in [-0.2, -0.15) is 0 Å². The fourth-order valence-corrected chi connectivity index (χ4v) is 2.09. The molecule has 1 fully saturated rings. The summed E-state index contributed by atoms with van der Waals surface area (Å²) >= 11 is 0. The molecular weight excluding hydrogens is 206 g/mol. The molecule has 0 aromatic rings. The van der Waals surface area contributed by atoms with Gasteiger partial charge < -0.3 is 14.7 Å². The number of likely N-dealkylation sites (N-methyl/N-ethyl adjacent to an activating group) is 1. The minimum absolute atomic E-state index is 0.0917. The average Bonchev–Trinajstić information content (AvgIpc) is 2.71. The lowest BCUT2D eigenvalue weighted by molar-refractivity contribution is -0.149. The van der Waals surface area contributed by atoms with Gasteiger partial charge in [0.25, 0.3) is 5.91 Å². The molecule has 1 unspecified atom stereocenters. The highest BCUT2D eigenvalue weighted by molar-refractivity contribution is 5.84. The molecule has 0 bridgehead atoms. The zero-order valence-corrected chi connectivity index (χ0v) is 10.4. The molecule has 1 atom stereocenters. The molecule has 1 N–H and O–H groups in total. The highest BCUT2D eigenvalue weighted by Gasteiger charge is 2.39. The van der Waals surface area contributed by atoms with Crippen molar-refractivity contribution in [3.8, 4) is 0 Å². The van der Waals surface area contributed by atoms with Gasteiger partial charge in [0.15, 0.2) is 0 Å². The summed E-state index contributed by atoms with van der Waals surface area (Å²) in [6.45, 7) is 3.56. The minimum Gasteiger partial charge on any atom is -0.396 e. The summed E-state index contributed by atoms with van der Waals surface area (Å²) in [6, 6.07) is 0. The summed E-state index contributed by atoms with van der Waals surface area (Å²) in [6.07, 6.45) is 4.52. The number of hydrogen-bond donors (Lipinski definition) is 1. The van der Waals surface area contributed by atoms with Crippen LogP contribution in [0.4, 0.5) is 0 Å². The Morgan fingerprint density at radius 3 is 2.75 bits per heavy atom. The predicted octanol–water partition coefficient (Wildman–Crippen LogP) is 1.18. The van der Waals surface area contributed by atoms with Crippen molar-refractivity contribution in [3.05, 3.63) is 0 Å². The smallest absolute Gasteiger partial charge is 0.254 e. The second-order valence-electron chi connectivity index (χ2n) is 4.69. The fourth-order valence-electron chi connectivity index (χ4n) is 2.09. The molecule has 0 aromatic carbocycles. The Kier molecular flexibility index (Phi) is 5.22. The van der Waals surface area contributed by atoms with Gasteiger partial charge in [-0.15, -0.1) is 0 Å². The number of nitrogens with zero attached hydrogens (tertiary/aromatic N) is 1. The normalized spacial score (nSPS) is 24.7. The SMILES string of the molecule is CN(CCCCCO)C(=O)C1(C)CCCO1. The number of aliphatic hydroxyl groups excluding tert-OH is 1. The van der Waals surface area contributed by atoms with Crippen LogP contribution in [-0.2, 0) is 9.53 Å². The lowest BCUT2D eigenvalue weighted by Gasteiger charge is -2.28. The molecule has 16 heavy (non-hydrogen) atoms. The topological polar surface area (TPSA) is 49.8 Å². The maximum absolute atomic E-state index is 12.1. The molecule has 4 nitrogen and oxygen atoms in total. The van der Waals surface area contributed by atoms with Crippen molar-refractivity contribution in [2.75, 3.05) is 26.8 Å². The molecule has 4 heteroatoms. The molecule has 0 saturated carbocycles. The van der Waals surface area contributed by atoms with E-state index in [-0.39, 0.29) is 12.5 Å². The maximum Gasteiger partial charge on any atom is 0.254 e. The number of aliphatic hydroxyl groups is 1. The van der Waals surface area contributed by atoms with Crippen LogP contribution in [0.25, 0.3) is 0 Å². The van der Waals surface area contributed by atoms with Crippen LogP contribution in [0.3, 0.4) is 0 Å². The van der Waals surface area contributed by atoms with Crippen LogP contribution in [-0.4, -0.2) is 48.3 Å². The summed E-state index contributed by atoms with van der Waals surface area (Å²) < 4.78 is 5.52. The molecule has 94 valence electrons. The molecule has 0 aromatic heterocycles. The highest BCUT2D eigenvalue weighted by Crippen LogP contribution is 2.26. The number of hydrogen-bond acceptors (Lipinski definition) is 3. The molecule has 1 rings (SSSR count). The number of rotatable bonds is 6. The third-order valence-corrected chi connectivity index (χ3v) is 3.17. The van der Waals surface area contributed by atoms with Crippen molar-refractivity contribution in [3.63, 3.8) is 0 Å².